The minimum absolute atomic E-state index is 0.110. The van der Waals surface area contributed by atoms with Gasteiger partial charge in [0.2, 0.25) is 0 Å². The zero-order valence-corrected chi connectivity index (χ0v) is 31.9. The molecule has 0 heteroatoms. The summed E-state index contributed by atoms with van der Waals surface area (Å²) in [6, 6.07) is 53.1. The molecule has 0 saturated heterocycles. The Bertz CT molecular complexity index is 3030. The highest BCUT2D eigenvalue weighted by molar-refractivity contribution is 6.22. The molecule has 3 aliphatic rings. The first-order valence-corrected chi connectivity index (χ1v) is 19.7. The molecule has 8 aromatic rings. The van der Waals surface area contributed by atoms with Gasteiger partial charge >= 0.3 is 0 Å². The summed E-state index contributed by atoms with van der Waals surface area (Å²) < 4.78 is 0. The summed E-state index contributed by atoms with van der Waals surface area (Å²) in [7, 11) is 0. The maximum Gasteiger partial charge on any atom is 0.0159 e. The minimum atomic E-state index is -0.172. The Hall–Kier alpha value is -6.24. The third kappa shape index (κ3) is 4.64. The van der Waals surface area contributed by atoms with E-state index in [0.29, 0.717) is 0 Å². The summed E-state index contributed by atoms with van der Waals surface area (Å²) in [6.07, 6.45) is 12.4. The van der Waals surface area contributed by atoms with Crippen LogP contribution in [0.15, 0.2) is 170 Å². The van der Waals surface area contributed by atoms with Crippen molar-refractivity contribution in [2.75, 3.05) is 0 Å². The molecule has 262 valence electrons. The molecule has 0 heterocycles. The molecule has 0 spiro atoms. The van der Waals surface area contributed by atoms with Crippen LogP contribution in [0.1, 0.15) is 61.9 Å². The Morgan fingerprint density at radius 1 is 0.400 bits per heavy atom. The molecule has 0 fully saturated rings. The van der Waals surface area contributed by atoms with Crippen molar-refractivity contribution in [3.05, 3.63) is 198 Å². The van der Waals surface area contributed by atoms with Gasteiger partial charge in [-0.15, -0.1) is 0 Å². The van der Waals surface area contributed by atoms with Gasteiger partial charge in [0.15, 0.2) is 0 Å². The highest BCUT2D eigenvalue weighted by Crippen LogP contribution is 2.56. The van der Waals surface area contributed by atoms with Crippen LogP contribution < -0.4 is 0 Å². The van der Waals surface area contributed by atoms with Crippen LogP contribution in [0.5, 0.6) is 0 Å². The Balaban J connectivity index is 1.30. The molecule has 0 nitrogen and oxygen atoms in total. The smallest absolute Gasteiger partial charge is 0.0159 e. The summed E-state index contributed by atoms with van der Waals surface area (Å²) in [5.74, 6) is 0. The summed E-state index contributed by atoms with van der Waals surface area (Å²) in [6.45, 7) is 9.64. The second kappa shape index (κ2) is 11.6. The molecule has 0 amide bonds. The third-order valence-electron chi connectivity index (χ3n) is 13.0. The fourth-order valence-electron chi connectivity index (χ4n) is 10.2. The van der Waals surface area contributed by atoms with Crippen LogP contribution in [0.3, 0.4) is 0 Å². The van der Waals surface area contributed by atoms with Crippen LogP contribution >= 0.6 is 0 Å². The lowest BCUT2D eigenvalue weighted by Crippen LogP contribution is -2.15. The third-order valence-corrected chi connectivity index (χ3v) is 13.0. The molecule has 0 bridgehead atoms. The van der Waals surface area contributed by atoms with Crippen LogP contribution in [0.2, 0.25) is 0 Å². The lowest BCUT2D eigenvalue weighted by molar-refractivity contribution is 0.661. The monoisotopic (exact) mass is 702 g/mol. The van der Waals surface area contributed by atoms with Crippen LogP contribution in [0, 0.1) is 0 Å². The molecule has 0 aliphatic heterocycles. The second-order valence-electron chi connectivity index (χ2n) is 16.8. The van der Waals surface area contributed by atoms with E-state index in [1.54, 1.807) is 0 Å². The fraction of sp³-hybridized carbons (Fsp3) is 0.127. The molecule has 8 aromatic carbocycles. The van der Waals surface area contributed by atoms with Gasteiger partial charge in [-0.3, -0.25) is 0 Å². The molecule has 0 saturated carbocycles. The van der Waals surface area contributed by atoms with Gasteiger partial charge in [0.05, 0.1) is 0 Å². The fourth-order valence-corrected chi connectivity index (χ4v) is 10.2. The Labute approximate surface area is 323 Å². The molecule has 0 aromatic heterocycles. The van der Waals surface area contributed by atoms with E-state index in [2.05, 4.69) is 198 Å². The van der Waals surface area contributed by atoms with E-state index in [-0.39, 0.29) is 10.8 Å². The van der Waals surface area contributed by atoms with Crippen LogP contribution in [-0.2, 0) is 10.8 Å². The van der Waals surface area contributed by atoms with E-state index in [1.165, 1.54) is 110 Å². The predicted molar refractivity (Wildman–Crippen MR) is 236 cm³/mol. The molecule has 11 rings (SSSR count). The maximum absolute atomic E-state index is 2.57. The van der Waals surface area contributed by atoms with Gasteiger partial charge in [-0.05, 0) is 153 Å². The average Bonchev–Trinajstić information content (AvgIpc) is 3.39. The largest absolute Gasteiger partial charge is 0.0807 e. The number of hydrogen-bond donors (Lipinski definition) is 0. The van der Waals surface area contributed by atoms with E-state index in [0.717, 1.165) is 6.42 Å². The van der Waals surface area contributed by atoms with Gasteiger partial charge in [-0.1, -0.05) is 161 Å². The molecule has 0 unspecified atom stereocenters. The van der Waals surface area contributed by atoms with Crippen molar-refractivity contribution >= 4 is 37.9 Å². The first-order valence-electron chi connectivity index (χ1n) is 19.7. The van der Waals surface area contributed by atoms with Gasteiger partial charge in [0, 0.05) is 10.8 Å². The van der Waals surface area contributed by atoms with Crippen LogP contribution in [-0.4, -0.2) is 0 Å². The van der Waals surface area contributed by atoms with Gasteiger partial charge in [-0.2, -0.15) is 0 Å². The molecular weight excluding hydrogens is 661 g/mol. The topological polar surface area (TPSA) is 0 Å². The Morgan fingerprint density at radius 2 is 1.00 bits per heavy atom. The van der Waals surface area contributed by atoms with Crippen molar-refractivity contribution in [2.24, 2.45) is 0 Å². The number of rotatable bonds is 3. The zero-order chi connectivity index (χ0) is 37.1. The second-order valence-corrected chi connectivity index (χ2v) is 16.8. The van der Waals surface area contributed by atoms with E-state index in [4.69, 9.17) is 0 Å². The van der Waals surface area contributed by atoms with E-state index >= 15 is 0 Å². The predicted octanol–water partition coefficient (Wildman–Crippen LogP) is 15.0. The zero-order valence-electron chi connectivity index (χ0n) is 31.9. The Kier molecular flexibility index (Phi) is 6.81. The molecule has 55 heavy (non-hydrogen) atoms. The van der Waals surface area contributed by atoms with E-state index in [1.807, 2.05) is 0 Å². The minimum Gasteiger partial charge on any atom is -0.0807 e. The van der Waals surface area contributed by atoms with Gasteiger partial charge in [0.1, 0.15) is 0 Å². The molecular formula is C55H42. The SMILES string of the molecule is CC1(C)c2ccccc2-c2cc3c(-c4ccc5ccccc5c4)c4cc5c(cc4c(C4=CC=CCC=C4)c3cc21)C(C)(C)c1cc(-c2ccccc2)ccc1-5. The van der Waals surface area contributed by atoms with E-state index < -0.39 is 0 Å². The highest BCUT2D eigenvalue weighted by atomic mass is 14.4. The van der Waals surface area contributed by atoms with Crippen molar-refractivity contribution in [1.29, 1.82) is 0 Å². The average molecular weight is 703 g/mol. The van der Waals surface area contributed by atoms with Crippen molar-refractivity contribution in [1.82, 2.24) is 0 Å². The number of hydrogen-bond acceptors (Lipinski definition) is 0. The standard InChI is InChI=1S/C55H42/c1-54(2)48-23-15-14-22-40(48)42-30-44-46(32-50(42)54)52(36-19-8-5-6-9-20-36)47-33-51-43(31-45(47)53(44)39-25-24-35-18-12-13-21-37(35)28-39)41-27-26-38(29-49(41)55(51,3)4)34-16-10-7-11-17-34/h5,7-33H,6H2,1-4H3. The molecule has 0 atom stereocenters. The molecule has 3 aliphatic carbocycles. The van der Waals surface area contributed by atoms with Crippen molar-refractivity contribution in [2.45, 2.75) is 44.9 Å². The van der Waals surface area contributed by atoms with Gasteiger partial charge < -0.3 is 0 Å². The lowest BCUT2D eigenvalue weighted by Gasteiger charge is -2.26. The first-order chi connectivity index (χ1) is 26.8. The summed E-state index contributed by atoms with van der Waals surface area (Å²) >= 11 is 0. The number of allylic oxidation sites excluding steroid dienone is 6. The normalized spacial score (nSPS) is 15.8. The highest BCUT2D eigenvalue weighted by Gasteiger charge is 2.39. The van der Waals surface area contributed by atoms with Gasteiger partial charge in [-0.25, -0.2) is 0 Å². The first kappa shape index (κ1) is 32.2. The van der Waals surface area contributed by atoms with Gasteiger partial charge in [0.25, 0.3) is 0 Å². The maximum atomic E-state index is 2.57. The van der Waals surface area contributed by atoms with E-state index in [9.17, 15) is 0 Å². The molecule has 0 N–H and O–H groups in total. The Morgan fingerprint density at radius 3 is 1.76 bits per heavy atom. The van der Waals surface area contributed by atoms with Crippen molar-refractivity contribution < 1.29 is 0 Å². The van der Waals surface area contributed by atoms with Crippen molar-refractivity contribution in [3.63, 3.8) is 0 Å². The lowest BCUT2D eigenvalue weighted by atomic mass is 9.77. The van der Waals surface area contributed by atoms with Crippen LogP contribution in [0.25, 0.3) is 82.4 Å². The van der Waals surface area contributed by atoms with Crippen molar-refractivity contribution in [3.8, 4) is 44.5 Å². The number of fused-ring (bicyclic) bond motifs is 9. The number of benzene rings is 8. The summed E-state index contributed by atoms with van der Waals surface area (Å²) in [5, 5.41) is 7.78. The summed E-state index contributed by atoms with van der Waals surface area (Å²) in [5.41, 5.74) is 18.4. The van der Waals surface area contributed by atoms with Crippen LogP contribution in [0.4, 0.5) is 0 Å². The molecule has 0 radical (unpaired) electrons. The summed E-state index contributed by atoms with van der Waals surface area (Å²) in [4.78, 5) is 0. The quantitative estimate of drug-likeness (QED) is 0.161.